The van der Waals surface area contributed by atoms with E-state index in [1.807, 2.05) is 31.2 Å². The van der Waals surface area contributed by atoms with Gasteiger partial charge < -0.3 is 50.2 Å². The van der Waals surface area contributed by atoms with Gasteiger partial charge in [-0.1, -0.05) is 73.7 Å². The molecule has 0 aliphatic carbocycles. The summed E-state index contributed by atoms with van der Waals surface area (Å²) in [7, 11) is -10.3. The Balaban J connectivity index is 0.00000476. The van der Waals surface area contributed by atoms with E-state index in [0.29, 0.717) is 23.5 Å². The van der Waals surface area contributed by atoms with E-state index in [4.69, 9.17) is 0 Å². The van der Waals surface area contributed by atoms with Crippen molar-refractivity contribution in [2.24, 2.45) is 0 Å². The number of rotatable bonds is 22. The Kier molecular flexibility index (Phi) is 20.8. The molecule has 4 aromatic carbocycles. The first-order valence-electron chi connectivity index (χ1n) is 19.9. The van der Waals surface area contributed by atoms with Gasteiger partial charge in [-0.25, -0.2) is 16.8 Å². The van der Waals surface area contributed by atoms with E-state index in [0.717, 1.165) is 18.6 Å². The largest absolute Gasteiger partial charge is 1.00 e. The maximum absolute atomic E-state index is 12.6. The Morgan fingerprint density at radius 3 is 1.47 bits per heavy atom. The van der Waals surface area contributed by atoms with E-state index < -0.39 is 30.0 Å². The zero-order chi connectivity index (χ0) is 45.7. The molecule has 0 atom stereocenters. The number of nitrogens with one attached hydrogen (secondary N) is 3. The van der Waals surface area contributed by atoms with E-state index in [9.17, 15) is 41.3 Å². The number of aliphatic hydroxyl groups is 3. The smallest absolute Gasteiger partial charge is 0.744 e. The van der Waals surface area contributed by atoms with Crippen LogP contribution in [0.15, 0.2) is 107 Å². The number of aliphatic hydroxyl groups excluding tert-OH is 3. The average molecular weight is 958 g/mol. The van der Waals surface area contributed by atoms with Crippen molar-refractivity contribution in [3.63, 3.8) is 0 Å². The van der Waals surface area contributed by atoms with Crippen LogP contribution in [0, 0.1) is 0 Å². The van der Waals surface area contributed by atoms with Gasteiger partial charge in [-0.2, -0.15) is 29.9 Å². The second-order valence-electron chi connectivity index (χ2n) is 14.0. The topological polar surface area (TPSA) is 295 Å². The third-order valence-electron chi connectivity index (χ3n) is 9.21. The van der Waals surface area contributed by atoms with Crippen molar-refractivity contribution in [3.05, 3.63) is 120 Å². The normalized spacial score (nSPS) is 11.4. The Morgan fingerprint density at radius 2 is 0.985 bits per heavy atom. The second-order valence-corrected chi connectivity index (χ2v) is 16.6. The third kappa shape index (κ3) is 15.4. The summed E-state index contributed by atoms with van der Waals surface area (Å²) in [5, 5.41) is 38.1. The van der Waals surface area contributed by atoms with Gasteiger partial charge in [0.1, 0.15) is 26.1 Å². The number of para-hydroxylation sites is 2. The fraction of sp³-hybridized carbons (Fsp3) is 0.238. The predicted octanol–water partition coefficient (Wildman–Crippen LogP) is -2.14. The molecule has 0 aliphatic rings. The Hall–Kier alpha value is -4.66. The van der Waals surface area contributed by atoms with Crippen molar-refractivity contribution < 1.29 is 100 Å². The zero-order valence-corrected chi connectivity index (χ0v) is 42.1. The summed E-state index contributed by atoms with van der Waals surface area (Å²) in [6, 6.07) is 26.0. The van der Waals surface area contributed by atoms with Gasteiger partial charge in [0.2, 0.25) is 29.7 Å². The van der Waals surface area contributed by atoms with Crippen LogP contribution in [0.25, 0.3) is 12.2 Å². The third-order valence-corrected chi connectivity index (χ3v) is 11.0. The summed E-state index contributed by atoms with van der Waals surface area (Å²) < 4.78 is 75.8. The Bertz CT molecular complexity index is 2580. The molecule has 0 saturated carbocycles. The first-order chi connectivity index (χ1) is 30.8. The van der Waals surface area contributed by atoms with Gasteiger partial charge in [0.05, 0.1) is 29.6 Å². The van der Waals surface area contributed by atoms with Crippen LogP contribution in [0.3, 0.4) is 0 Å². The minimum atomic E-state index is -5.14. The molecule has 0 radical (unpaired) electrons. The van der Waals surface area contributed by atoms with E-state index in [-0.39, 0.29) is 157 Å². The molecule has 0 saturated heterocycles. The minimum Gasteiger partial charge on any atom is -0.744 e. The first-order valence-corrected chi connectivity index (χ1v) is 22.7. The molecule has 0 bridgehead atoms. The monoisotopic (exact) mass is 957 g/mol. The maximum Gasteiger partial charge on any atom is 1.00 e. The number of hydrogen-bond donors (Lipinski definition) is 6. The molecule has 0 amide bonds. The summed E-state index contributed by atoms with van der Waals surface area (Å²) in [6.45, 7) is 2.20. The van der Waals surface area contributed by atoms with Crippen molar-refractivity contribution in [2.75, 3.05) is 71.7 Å². The van der Waals surface area contributed by atoms with Crippen LogP contribution in [-0.4, -0.2) is 117 Å². The predicted molar refractivity (Wildman–Crippen MR) is 239 cm³/mol. The molecule has 24 heteroatoms. The SMILES string of the molecule is CCCN(CCO)c1nc(Nc2ccccc2)nc(Nc2ccc(/C=C/c3ccc(Cc4nc(Nc5ccccc5)nc(N(CCO)CCO)n4)cc3S(=O)(=O)[O-])c(S(=O)(=O)[O-])c2)n1.[Na+].[Na+]. The number of benzene rings is 4. The van der Waals surface area contributed by atoms with Crippen LogP contribution < -0.4 is 84.9 Å². The minimum absolute atomic E-state index is 0. The summed E-state index contributed by atoms with van der Waals surface area (Å²) in [4.78, 5) is 28.9. The van der Waals surface area contributed by atoms with Crippen LogP contribution in [0.1, 0.15) is 35.9 Å². The molecule has 20 nitrogen and oxygen atoms in total. The molecule has 0 aliphatic heterocycles. The zero-order valence-electron chi connectivity index (χ0n) is 36.4. The van der Waals surface area contributed by atoms with Gasteiger partial charge in [-0.3, -0.25) is 0 Å². The van der Waals surface area contributed by atoms with Gasteiger partial charge >= 0.3 is 59.1 Å². The number of nitrogens with zero attached hydrogens (tertiary/aromatic N) is 8. The number of aromatic nitrogens is 6. The van der Waals surface area contributed by atoms with E-state index in [2.05, 4.69) is 45.9 Å². The average Bonchev–Trinajstić information content (AvgIpc) is 3.26. The van der Waals surface area contributed by atoms with Gasteiger partial charge in [0, 0.05) is 49.7 Å². The summed E-state index contributed by atoms with van der Waals surface area (Å²) >= 11 is 0. The van der Waals surface area contributed by atoms with Crippen molar-refractivity contribution in [2.45, 2.75) is 29.6 Å². The van der Waals surface area contributed by atoms with Gasteiger partial charge in [-0.05, 0) is 65.6 Å². The molecule has 6 aromatic rings. The molecule has 2 aromatic heterocycles. The Labute approximate surface area is 426 Å². The molecular formula is C42H45N11Na2O9S2. The van der Waals surface area contributed by atoms with Gasteiger partial charge in [-0.15, -0.1) is 0 Å². The molecule has 6 rings (SSSR count). The van der Waals surface area contributed by atoms with Crippen molar-refractivity contribution in [1.82, 2.24) is 29.9 Å². The van der Waals surface area contributed by atoms with Crippen LogP contribution in [-0.2, 0) is 26.7 Å². The number of hydrogen-bond acceptors (Lipinski definition) is 20. The van der Waals surface area contributed by atoms with Crippen molar-refractivity contribution in [3.8, 4) is 0 Å². The molecule has 66 heavy (non-hydrogen) atoms. The van der Waals surface area contributed by atoms with Crippen LogP contribution in [0.2, 0.25) is 0 Å². The first kappa shape index (κ1) is 54.0. The van der Waals surface area contributed by atoms with Crippen LogP contribution >= 0.6 is 0 Å². The molecule has 2 heterocycles. The Morgan fingerprint density at radius 1 is 0.545 bits per heavy atom. The molecule has 0 unspecified atom stereocenters. The number of anilines is 8. The molecular weight excluding hydrogens is 913 g/mol. The fourth-order valence-corrected chi connectivity index (χ4v) is 7.78. The fourth-order valence-electron chi connectivity index (χ4n) is 6.36. The quantitative estimate of drug-likeness (QED) is 0.0241. The van der Waals surface area contributed by atoms with Crippen LogP contribution in [0.4, 0.5) is 46.8 Å². The van der Waals surface area contributed by atoms with E-state index in [1.54, 1.807) is 46.2 Å². The molecule has 336 valence electrons. The standard InChI is InChI=1S/C42H47N11O9S2.2Na/c1-2-19-52(20-23-54)42-50-39(44-33-11-7-4-8-12-33)48-40(51-42)45-34-18-17-31(36(28-34)64(60,61)62)16-15-30-14-13-29(26-35(30)63(57,58)59)27-37-46-38(43-32-9-5-3-6-10-32)49-41(47-37)53(21-24-55)22-25-56;;/h3-18,26,28,54-56H,2,19-25,27H2,1H3,(H,57,58,59)(H,60,61,62)(H,43,46,47,49)(H2,44,45,48,50,51);;/q;2*+1/p-2/b16-15+;;. The summed E-state index contributed by atoms with van der Waals surface area (Å²) in [6.07, 6.45) is 3.06. The molecule has 0 fully saturated rings. The van der Waals surface area contributed by atoms with Gasteiger partial charge in [0.15, 0.2) is 0 Å². The van der Waals surface area contributed by atoms with Crippen molar-refractivity contribution >= 4 is 79.2 Å². The van der Waals surface area contributed by atoms with E-state index in [1.165, 1.54) is 36.4 Å². The van der Waals surface area contributed by atoms with E-state index >= 15 is 0 Å². The second kappa shape index (κ2) is 25.5. The molecule has 6 N–H and O–H groups in total. The van der Waals surface area contributed by atoms with Crippen molar-refractivity contribution in [1.29, 1.82) is 0 Å². The van der Waals surface area contributed by atoms with Gasteiger partial charge in [0.25, 0.3) is 0 Å². The molecule has 0 spiro atoms. The summed E-state index contributed by atoms with van der Waals surface area (Å²) in [5.74, 6) is 0.802. The maximum atomic E-state index is 12.6. The van der Waals surface area contributed by atoms with Crippen LogP contribution in [0.5, 0.6) is 0 Å². The summed E-state index contributed by atoms with van der Waals surface area (Å²) in [5.41, 5.74) is 1.58.